The zero-order valence-corrected chi connectivity index (χ0v) is 16.0. The van der Waals surface area contributed by atoms with Gasteiger partial charge in [-0.05, 0) is 27.2 Å². The molecule has 0 amide bonds. The lowest BCUT2D eigenvalue weighted by molar-refractivity contribution is 0.0220. The van der Waals surface area contributed by atoms with Gasteiger partial charge in [0.1, 0.15) is 0 Å². The van der Waals surface area contributed by atoms with E-state index >= 15 is 0 Å². The SMILES string of the molecule is CCNC(=NCC(C)N1CCOCC1)NCCCc1nc(C)cs1. The maximum Gasteiger partial charge on any atom is 0.191 e. The Hall–Kier alpha value is -1.18. The Bertz CT molecular complexity index is 499. The number of hydrogen-bond donors (Lipinski definition) is 2. The molecule has 2 N–H and O–H groups in total. The Morgan fingerprint density at radius 1 is 1.42 bits per heavy atom. The van der Waals surface area contributed by atoms with E-state index in [1.807, 2.05) is 6.92 Å². The van der Waals surface area contributed by atoms with Crippen molar-refractivity contribution in [3.05, 3.63) is 16.1 Å². The van der Waals surface area contributed by atoms with E-state index in [9.17, 15) is 0 Å². The van der Waals surface area contributed by atoms with Gasteiger partial charge in [-0.2, -0.15) is 0 Å². The normalized spacial score (nSPS) is 17.7. The Kier molecular flexibility index (Phi) is 8.49. The molecule has 0 aromatic carbocycles. The summed E-state index contributed by atoms with van der Waals surface area (Å²) in [6.07, 6.45) is 2.09. The minimum absolute atomic E-state index is 0.447. The van der Waals surface area contributed by atoms with Gasteiger partial charge in [-0.1, -0.05) is 0 Å². The second-order valence-corrected chi connectivity index (χ2v) is 7.07. The lowest BCUT2D eigenvalue weighted by atomic mass is 10.2. The van der Waals surface area contributed by atoms with Gasteiger partial charge in [0.2, 0.25) is 0 Å². The molecule has 136 valence electrons. The average molecular weight is 354 g/mol. The maximum absolute atomic E-state index is 5.41. The first-order valence-electron chi connectivity index (χ1n) is 8.94. The monoisotopic (exact) mass is 353 g/mol. The van der Waals surface area contributed by atoms with Gasteiger partial charge >= 0.3 is 0 Å². The fraction of sp³-hybridized carbons (Fsp3) is 0.765. The standard InChI is InChI=1S/C17H31N5OS/c1-4-18-17(19-7-5-6-16-21-14(2)13-24-16)20-12-15(3)22-8-10-23-11-9-22/h13,15H,4-12H2,1-3H3,(H2,18,19,20). The van der Waals surface area contributed by atoms with Gasteiger partial charge in [0.25, 0.3) is 0 Å². The third kappa shape index (κ3) is 6.75. The van der Waals surface area contributed by atoms with E-state index in [1.165, 1.54) is 5.01 Å². The van der Waals surface area contributed by atoms with Crippen LogP contribution in [0.3, 0.4) is 0 Å². The topological polar surface area (TPSA) is 61.8 Å². The van der Waals surface area contributed by atoms with Gasteiger partial charge in [0.15, 0.2) is 5.96 Å². The van der Waals surface area contributed by atoms with Crippen molar-refractivity contribution in [1.82, 2.24) is 20.5 Å². The number of aryl methyl sites for hydroxylation is 2. The molecular formula is C17H31N5OS. The van der Waals surface area contributed by atoms with Crippen LogP contribution >= 0.6 is 11.3 Å². The smallest absolute Gasteiger partial charge is 0.191 e. The van der Waals surface area contributed by atoms with Crippen molar-refractivity contribution in [3.63, 3.8) is 0 Å². The molecule has 2 heterocycles. The molecule has 1 aromatic heterocycles. The van der Waals surface area contributed by atoms with Gasteiger partial charge in [-0.15, -0.1) is 11.3 Å². The molecule has 0 saturated carbocycles. The van der Waals surface area contributed by atoms with E-state index in [0.29, 0.717) is 6.04 Å². The molecule has 24 heavy (non-hydrogen) atoms. The third-order valence-corrected chi connectivity index (χ3v) is 5.08. The van der Waals surface area contributed by atoms with Gasteiger partial charge in [0, 0.05) is 49.7 Å². The molecule has 0 aliphatic carbocycles. The van der Waals surface area contributed by atoms with Crippen molar-refractivity contribution < 1.29 is 4.74 Å². The van der Waals surface area contributed by atoms with Crippen LogP contribution in [0.4, 0.5) is 0 Å². The maximum atomic E-state index is 5.41. The molecule has 1 atom stereocenters. The van der Waals surface area contributed by atoms with E-state index in [1.54, 1.807) is 11.3 Å². The van der Waals surface area contributed by atoms with Crippen LogP contribution in [0.2, 0.25) is 0 Å². The van der Waals surface area contributed by atoms with Crippen molar-refractivity contribution in [1.29, 1.82) is 0 Å². The second kappa shape index (κ2) is 10.6. The highest BCUT2D eigenvalue weighted by molar-refractivity contribution is 7.09. The van der Waals surface area contributed by atoms with Crippen molar-refractivity contribution in [3.8, 4) is 0 Å². The molecule has 1 saturated heterocycles. The number of nitrogens with zero attached hydrogens (tertiary/aromatic N) is 3. The predicted octanol–water partition coefficient (Wildman–Crippen LogP) is 1.66. The zero-order chi connectivity index (χ0) is 17.2. The third-order valence-electron chi connectivity index (χ3n) is 4.05. The van der Waals surface area contributed by atoms with E-state index in [-0.39, 0.29) is 0 Å². The molecular weight excluding hydrogens is 322 g/mol. The molecule has 1 aliphatic rings. The predicted molar refractivity (Wildman–Crippen MR) is 101 cm³/mol. The molecule has 7 heteroatoms. The largest absolute Gasteiger partial charge is 0.379 e. The highest BCUT2D eigenvalue weighted by Gasteiger charge is 2.16. The summed E-state index contributed by atoms with van der Waals surface area (Å²) >= 11 is 1.75. The van der Waals surface area contributed by atoms with Gasteiger partial charge in [-0.25, -0.2) is 4.98 Å². The number of rotatable bonds is 8. The van der Waals surface area contributed by atoms with Crippen LogP contribution in [0.15, 0.2) is 10.4 Å². The summed E-state index contributed by atoms with van der Waals surface area (Å²) in [6, 6.07) is 0.447. The Balaban J connectivity index is 1.71. The quantitative estimate of drug-likeness (QED) is 0.423. The van der Waals surface area contributed by atoms with Crippen molar-refractivity contribution in [2.75, 3.05) is 45.9 Å². The number of ether oxygens (including phenoxy) is 1. The number of aliphatic imine (C=N–C) groups is 1. The van der Waals surface area contributed by atoms with E-state index < -0.39 is 0 Å². The van der Waals surface area contributed by atoms with Crippen molar-refractivity contribution in [2.24, 2.45) is 4.99 Å². The minimum atomic E-state index is 0.447. The highest BCUT2D eigenvalue weighted by Crippen LogP contribution is 2.10. The molecule has 1 fully saturated rings. The number of thiazole rings is 1. The summed E-state index contributed by atoms with van der Waals surface area (Å²) in [5.41, 5.74) is 1.12. The van der Waals surface area contributed by atoms with Crippen molar-refractivity contribution >= 4 is 17.3 Å². The van der Waals surface area contributed by atoms with Crippen LogP contribution in [-0.2, 0) is 11.2 Å². The van der Waals surface area contributed by atoms with E-state index in [0.717, 1.165) is 70.4 Å². The summed E-state index contributed by atoms with van der Waals surface area (Å²) in [6.45, 7) is 12.7. The number of morpholine rings is 1. The minimum Gasteiger partial charge on any atom is -0.379 e. The van der Waals surface area contributed by atoms with E-state index in [2.05, 4.69) is 39.7 Å². The van der Waals surface area contributed by atoms with Crippen LogP contribution in [0.5, 0.6) is 0 Å². The van der Waals surface area contributed by atoms with Gasteiger partial charge in [0.05, 0.1) is 24.8 Å². The Morgan fingerprint density at radius 3 is 2.88 bits per heavy atom. The Labute approximate surface area is 149 Å². The first-order valence-corrected chi connectivity index (χ1v) is 9.82. The lowest BCUT2D eigenvalue weighted by Gasteiger charge is -2.31. The molecule has 1 aliphatic heterocycles. The van der Waals surface area contributed by atoms with Gasteiger partial charge < -0.3 is 15.4 Å². The van der Waals surface area contributed by atoms with Crippen LogP contribution in [0.1, 0.15) is 31.0 Å². The summed E-state index contributed by atoms with van der Waals surface area (Å²) < 4.78 is 5.41. The molecule has 1 aromatic rings. The summed E-state index contributed by atoms with van der Waals surface area (Å²) in [5.74, 6) is 0.910. The fourth-order valence-electron chi connectivity index (χ4n) is 2.66. The average Bonchev–Trinajstić information content (AvgIpc) is 3.02. The highest BCUT2D eigenvalue weighted by atomic mass is 32.1. The van der Waals surface area contributed by atoms with Crippen LogP contribution in [-0.4, -0.2) is 67.8 Å². The lowest BCUT2D eigenvalue weighted by Crippen LogP contribution is -2.44. The second-order valence-electron chi connectivity index (χ2n) is 6.13. The van der Waals surface area contributed by atoms with Crippen molar-refractivity contribution in [2.45, 2.75) is 39.7 Å². The molecule has 6 nitrogen and oxygen atoms in total. The van der Waals surface area contributed by atoms with Crippen LogP contribution < -0.4 is 10.6 Å². The van der Waals surface area contributed by atoms with Crippen LogP contribution in [0.25, 0.3) is 0 Å². The molecule has 0 bridgehead atoms. The summed E-state index contributed by atoms with van der Waals surface area (Å²) in [4.78, 5) is 11.7. The number of guanidine groups is 1. The summed E-state index contributed by atoms with van der Waals surface area (Å²) in [5, 5.41) is 10.1. The molecule has 0 spiro atoms. The fourth-order valence-corrected chi connectivity index (χ4v) is 3.48. The summed E-state index contributed by atoms with van der Waals surface area (Å²) in [7, 11) is 0. The van der Waals surface area contributed by atoms with Gasteiger partial charge in [-0.3, -0.25) is 9.89 Å². The molecule has 0 radical (unpaired) electrons. The zero-order valence-electron chi connectivity index (χ0n) is 15.2. The number of aromatic nitrogens is 1. The Morgan fingerprint density at radius 2 is 2.21 bits per heavy atom. The first kappa shape index (κ1) is 19.1. The van der Waals surface area contributed by atoms with Crippen LogP contribution in [0, 0.1) is 6.92 Å². The first-order chi connectivity index (χ1) is 11.7. The number of hydrogen-bond acceptors (Lipinski definition) is 5. The van der Waals surface area contributed by atoms with E-state index in [4.69, 9.17) is 9.73 Å². The number of nitrogens with one attached hydrogen (secondary N) is 2. The molecule has 2 rings (SSSR count). The molecule has 1 unspecified atom stereocenters.